The van der Waals surface area contributed by atoms with Crippen molar-refractivity contribution >= 4 is 16.1 Å². The van der Waals surface area contributed by atoms with Crippen LogP contribution in [0.25, 0.3) is 0 Å². The van der Waals surface area contributed by atoms with Gasteiger partial charge in [-0.15, -0.1) is 0 Å². The highest BCUT2D eigenvalue weighted by atomic mass is 32.2. The van der Waals surface area contributed by atoms with Crippen LogP contribution in [0.3, 0.4) is 0 Å². The van der Waals surface area contributed by atoms with Gasteiger partial charge in [0.1, 0.15) is 5.60 Å². The SMILES string of the molecule is COCCS(=O)(=O)N1CC2(CCN(C(=O)OC(C)(C)C)C2)C1. The molecule has 1 amide bonds. The Bertz CT molecular complexity index is 520. The molecule has 128 valence electrons. The Morgan fingerprint density at radius 3 is 2.41 bits per heavy atom. The predicted octanol–water partition coefficient (Wildman–Crippen LogP) is 0.905. The summed E-state index contributed by atoms with van der Waals surface area (Å²) in [5.74, 6) is 0.00929. The van der Waals surface area contributed by atoms with Gasteiger partial charge in [0.05, 0.1) is 12.4 Å². The number of sulfonamides is 1. The van der Waals surface area contributed by atoms with Gasteiger partial charge in [-0.05, 0) is 27.2 Å². The quantitative estimate of drug-likeness (QED) is 0.764. The van der Waals surface area contributed by atoms with Crippen molar-refractivity contribution in [1.29, 1.82) is 0 Å². The third kappa shape index (κ3) is 3.91. The lowest BCUT2D eigenvalue weighted by atomic mass is 9.81. The molecule has 0 aromatic rings. The van der Waals surface area contributed by atoms with Gasteiger partial charge in [0, 0.05) is 38.7 Å². The largest absolute Gasteiger partial charge is 0.444 e. The summed E-state index contributed by atoms with van der Waals surface area (Å²) in [5, 5.41) is 0. The average molecular weight is 334 g/mol. The van der Waals surface area contributed by atoms with E-state index >= 15 is 0 Å². The summed E-state index contributed by atoms with van der Waals surface area (Å²) in [4.78, 5) is 13.7. The number of hydrogen-bond acceptors (Lipinski definition) is 5. The van der Waals surface area contributed by atoms with Gasteiger partial charge in [-0.3, -0.25) is 0 Å². The highest BCUT2D eigenvalue weighted by Gasteiger charge is 2.52. The van der Waals surface area contributed by atoms with E-state index < -0.39 is 15.6 Å². The van der Waals surface area contributed by atoms with Gasteiger partial charge in [0.25, 0.3) is 0 Å². The van der Waals surface area contributed by atoms with Crippen LogP contribution in [0, 0.1) is 5.41 Å². The lowest BCUT2D eigenvalue weighted by molar-refractivity contribution is 0.0211. The maximum Gasteiger partial charge on any atom is 0.410 e. The summed E-state index contributed by atoms with van der Waals surface area (Å²) in [5.41, 5.74) is -0.612. The van der Waals surface area contributed by atoms with Crippen LogP contribution in [0.5, 0.6) is 0 Å². The Kier molecular flexibility index (Phi) is 4.75. The van der Waals surface area contributed by atoms with Gasteiger partial charge in [-0.1, -0.05) is 0 Å². The summed E-state index contributed by atoms with van der Waals surface area (Å²) in [6, 6.07) is 0. The summed E-state index contributed by atoms with van der Waals surface area (Å²) >= 11 is 0. The van der Waals surface area contributed by atoms with E-state index in [0.29, 0.717) is 26.2 Å². The maximum atomic E-state index is 12.1. The molecule has 0 unspecified atom stereocenters. The zero-order valence-electron chi connectivity index (χ0n) is 13.8. The van der Waals surface area contributed by atoms with Crippen LogP contribution < -0.4 is 0 Å². The Morgan fingerprint density at radius 2 is 1.86 bits per heavy atom. The lowest BCUT2D eigenvalue weighted by Crippen LogP contribution is -2.60. The molecule has 2 aliphatic heterocycles. The second-order valence-electron chi connectivity index (χ2n) is 7.23. The fraction of sp³-hybridized carbons (Fsp3) is 0.929. The number of amides is 1. The van der Waals surface area contributed by atoms with Crippen LogP contribution in [-0.2, 0) is 19.5 Å². The number of nitrogens with zero attached hydrogens (tertiary/aromatic N) is 2. The second kappa shape index (κ2) is 5.98. The van der Waals surface area contributed by atoms with Gasteiger partial charge < -0.3 is 14.4 Å². The molecule has 0 aliphatic carbocycles. The summed E-state index contributed by atoms with van der Waals surface area (Å²) in [6.45, 7) is 7.88. The standard InChI is InChI=1S/C14H26N2O5S/c1-13(2,3)21-12(17)15-6-5-14(9-15)10-16(11-14)22(18,19)8-7-20-4/h5-11H2,1-4H3. The molecular formula is C14H26N2O5S. The average Bonchev–Trinajstić information content (AvgIpc) is 2.78. The van der Waals surface area contributed by atoms with Crippen molar-refractivity contribution in [2.24, 2.45) is 5.41 Å². The molecule has 22 heavy (non-hydrogen) atoms. The minimum atomic E-state index is -3.24. The van der Waals surface area contributed by atoms with Gasteiger partial charge in [-0.25, -0.2) is 17.5 Å². The first kappa shape index (κ1) is 17.5. The topological polar surface area (TPSA) is 76.2 Å². The summed E-state index contributed by atoms with van der Waals surface area (Å²) in [6.07, 6.45) is 0.507. The van der Waals surface area contributed by atoms with Crippen molar-refractivity contribution in [2.45, 2.75) is 32.8 Å². The molecule has 2 aliphatic rings. The van der Waals surface area contributed by atoms with Crippen LogP contribution in [0.4, 0.5) is 4.79 Å². The summed E-state index contributed by atoms with van der Waals surface area (Å²) < 4.78 is 35.8. The van der Waals surface area contributed by atoms with Crippen molar-refractivity contribution in [3.05, 3.63) is 0 Å². The molecule has 2 heterocycles. The fourth-order valence-corrected chi connectivity index (χ4v) is 4.47. The van der Waals surface area contributed by atoms with Crippen LogP contribution >= 0.6 is 0 Å². The van der Waals surface area contributed by atoms with E-state index in [1.807, 2.05) is 20.8 Å². The molecule has 0 atom stereocenters. The van der Waals surface area contributed by atoms with Crippen LogP contribution in [-0.4, -0.2) is 75.0 Å². The number of rotatable bonds is 4. The van der Waals surface area contributed by atoms with Crippen molar-refractivity contribution in [2.75, 3.05) is 45.6 Å². The first-order chi connectivity index (χ1) is 10.1. The smallest absolute Gasteiger partial charge is 0.410 e. The van der Waals surface area contributed by atoms with E-state index in [0.717, 1.165) is 6.42 Å². The molecular weight excluding hydrogens is 308 g/mol. The normalized spacial score (nSPS) is 21.9. The number of methoxy groups -OCH3 is 1. The Labute approximate surface area is 132 Å². The number of likely N-dealkylation sites (tertiary alicyclic amines) is 1. The van der Waals surface area contributed by atoms with Gasteiger partial charge in [0.15, 0.2) is 0 Å². The van der Waals surface area contributed by atoms with Crippen molar-refractivity contribution < 1.29 is 22.7 Å². The zero-order chi connectivity index (χ0) is 16.6. The third-order valence-corrected chi connectivity index (χ3v) is 5.78. The van der Waals surface area contributed by atoms with E-state index in [9.17, 15) is 13.2 Å². The molecule has 0 saturated carbocycles. The molecule has 8 heteroatoms. The maximum absolute atomic E-state index is 12.1. The predicted molar refractivity (Wildman–Crippen MR) is 82.1 cm³/mol. The van der Waals surface area contributed by atoms with Crippen molar-refractivity contribution in [3.8, 4) is 0 Å². The Morgan fingerprint density at radius 1 is 1.23 bits per heavy atom. The second-order valence-corrected chi connectivity index (χ2v) is 9.32. The number of carbonyl (C=O) groups excluding carboxylic acids is 1. The van der Waals surface area contributed by atoms with Crippen molar-refractivity contribution in [3.63, 3.8) is 0 Å². The minimum Gasteiger partial charge on any atom is -0.444 e. The van der Waals surface area contributed by atoms with Crippen molar-refractivity contribution in [1.82, 2.24) is 9.21 Å². The van der Waals surface area contributed by atoms with Crippen LogP contribution in [0.2, 0.25) is 0 Å². The molecule has 0 aromatic heterocycles. The highest BCUT2D eigenvalue weighted by Crippen LogP contribution is 2.41. The first-order valence-electron chi connectivity index (χ1n) is 7.52. The number of carbonyl (C=O) groups is 1. The molecule has 2 rings (SSSR count). The van der Waals surface area contributed by atoms with E-state index in [-0.39, 0.29) is 23.9 Å². The fourth-order valence-electron chi connectivity index (χ4n) is 2.89. The Balaban J connectivity index is 1.86. The van der Waals surface area contributed by atoms with Crippen LogP contribution in [0.15, 0.2) is 0 Å². The molecule has 0 bridgehead atoms. The number of ether oxygens (including phenoxy) is 2. The minimum absolute atomic E-state index is 0.00929. The highest BCUT2D eigenvalue weighted by molar-refractivity contribution is 7.89. The molecule has 0 aromatic carbocycles. The summed E-state index contributed by atoms with van der Waals surface area (Å²) in [7, 11) is -1.75. The number of hydrogen-bond donors (Lipinski definition) is 0. The lowest BCUT2D eigenvalue weighted by Gasteiger charge is -2.46. The van der Waals surface area contributed by atoms with E-state index in [4.69, 9.17) is 9.47 Å². The molecule has 0 N–H and O–H groups in total. The molecule has 2 saturated heterocycles. The van der Waals surface area contributed by atoms with Gasteiger partial charge in [0.2, 0.25) is 10.0 Å². The zero-order valence-corrected chi connectivity index (χ0v) is 14.6. The molecule has 0 radical (unpaired) electrons. The van der Waals surface area contributed by atoms with Gasteiger partial charge >= 0.3 is 6.09 Å². The first-order valence-corrected chi connectivity index (χ1v) is 9.13. The van der Waals surface area contributed by atoms with Gasteiger partial charge in [-0.2, -0.15) is 0 Å². The Hall–Kier alpha value is -0.860. The monoisotopic (exact) mass is 334 g/mol. The third-order valence-electron chi connectivity index (χ3n) is 4.05. The molecule has 2 fully saturated rings. The van der Waals surface area contributed by atoms with E-state index in [1.54, 1.807) is 4.90 Å². The van der Waals surface area contributed by atoms with E-state index in [1.165, 1.54) is 11.4 Å². The van der Waals surface area contributed by atoms with E-state index in [2.05, 4.69) is 0 Å². The molecule has 1 spiro atoms. The molecule has 7 nitrogen and oxygen atoms in total. The van der Waals surface area contributed by atoms with Crippen LogP contribution in [0.1, 0.15) is 27.2 Å².